The van der Waals surface area contributed by atoms with Crippen LogP contribution in [0.2, 0.25) is 0 Å². The van der Waals surface area contributed by atoms with E-state index in [-0.39, 0.29) is 17.7 Å². The lowest BCUT2D eigenvalue weighted by atomic mass is 10.0. The average molecular weight is 835 g/mol. The third kappa shape index (κ3) is 10.5. The van der Waals surface area contributed by atoms with E-state index in [1.165, 1.54) is 6.42 Å². The third-order valence-corrected chi connectivity index (χ3v) is 11.3. The molecule has 7 rings (SSSR count). The van der Waals surface area contributed by atoms with Gasteiger partial charge in [0.15, 0.2) is 11.6 Å². The number of carbonyl (C=O) groups excluding carboxylic acids is 2. The highest BCUT2D eigenvalue weighted by atomic mass is 16.5. The Morgan fingerprint density at radius 2 is 1.07 bits per heavy atom. The monoisotopic (exact) mass is 834 g/mol. The van der Waals surface area contributed by atoms with Gasteiger partial charge in [0.2, 0.25) is 0 Å². The van der Waals surface area contributed by atoms with Gasteiger partial charge in [0, 0.05) is 69.2 Å². The summed E-state index contributed by atoms with van der Waals surface area (Å²) < 4.78 is 36.4. The minimum absolute atomic E-state index is 0.000362. The minimum atomic E-state index is 0.000362. The molecule has 1 aliphatic heterocycles. The number of fused-ring (bicyclic) bond motifs is 6. The van der Waals surface area contributed by atoms with Crippen molar-refractivity contribution in [1.82, 2.24) is 10.2 Å². The highest BCUT2D eigenvalue weighted by Crippen LogP contribution is 2.50. The van der Waals surface area contributed by atoms with Crippen molar-refractivity contribution in [3.8, 4) is 56.8 Å². The molecule has 3 aliphatic rings. The Balaban J connectivity index is 0.000000204. The molecule has 0 bridgehead atoms. The van der Waals surface area contributed by atoms with Crippen molar-refractivity contribution in [3.63, 3.8) is 0 Å². The number of hydrogen-bond donors (Lipinski definition) is 1. The van der Waals surface area contributed by atoms with Crippen LogP contribution in [0, 0.1) is 0 Å². The second-order valence-electron chi connectivity index (χ2n) is 15.9. The van der Waals surface area contributed by atoms with Crippen LogP contribution >= 0.6 is 0 Å². The first-order chi connectivity index (χ1) is 29.8. The van der Waals surface area contributed by atoms with Gasteiger partial charge in [0.1, 0.15) is 40.6 Å². The Morgan fingerprint density at radius 1 is 0.590 bits per heavy atom. The molecule has 1 fully saturated rings. The molecule has 4 aromatic carbocycles. The van der Waals surface area contributed by atoms with Gasteiger partial charge in [0.25, 0.3) is 0 Å². The molecule has 10 heteroatoms. The number of rotatable bonds is 22. The lowest BCUT2D eigenvalue weighted by molar-refractivity contribution is 0.103. The molecule has 0 radical (unpaired) electrons. The Labute approximate surface area is 363 Å². The quantitative estimate of drug-likeness (QED) is 0.0665. The highest BCUT2D eigenvalue weighted by Gasteiger charge is 2.36. The van der Waals surface area contributed by atoms with Gasteiger partial charge < -0.3 is 38.6 Å². The second kappa shape index (κ2) is 22.2. The van der Waals surface area contributed by atoms with Crippen LogP contribution in [0.5, 0.6) is 34.5 Å². The molecule has 328 valence electrons. The summed E-state index contributed by atoms with van der Waals surface area (Å²) in [6.07, 6.45) is 6.82. The number of benzene rings is 4. The molecule has 0 spiro atoms. The Morgan fingerprint density at radius 3 is 1.56 bits per heavy atom. The van der Waals surface area contributed by atoms with E-state index in [1.54, 1.807) is 0 Å². The number of ether oxygens (including phenoxy) is 6. The molecule has 1 saturated heterocycles. The maximum atomic E-state index is 13.3. The largest absolute Gasteiger partial charge is 0.493 e. The summed E-state index contributed by atoms with van der Waals surface area (Å²) >= 11 is 0. The average Bonchev–Trinajstić information content (AvgIpc) is 4.00. The van der Waals surface area contributed by atoms with Crippen molar-refractivity contribution in [2.75, 3.05) is 59.2 Å². The van der Waals surface area contributed by atoms with E-state index < -0.39 is 0 Å². The van der Waals surface area contributed by atoms with E-state index in [9.17, 15) is 9.59 Å². The van der Waals surface area contributed by atoms with Gasteiger partial charge in [0.05, 0.1) is 33.0 Å². The Kier molecular flexibility index (Phi) is 16.5. The van der Waals surface area contributed by atoms with E-state index in [0.29, 0.717) is 84.3 Å². The normalized spacial score (nSPS) is 15.0. The third-order valence-electron chi connectivity index (χ3n) is 11.3. The summed E-state index contributed by atoms with van der Waals surface area (Å²) in [5, 5.41) is 3.51. The van der Waals surface area contributed by atoms with Crippen LogP contribution < -0.4 is 33.7 Å². The fraction of sp³-hybridized carbons (Fsp3) is 0.490. The topological polar surface area (TPSA) is 105 Å². The number of hydrogen-bond acceptors (Lipinski definition) is 10. The number of ketones is 2. The SMILES string of the molecule is CCCOc1cc(OCCC)c2c(c1)C(=O)c1cccc(OC(C)C3CCCN3)c1-2.CCCOc1cc(OCCC)c2c(c1)C(=O)c1cccc(OCCCN(CC)CC)c1-2. The zero-order valence-electron chi connectivity index (χ0n) is 37.5. The Hall–Kier alpha value is -5.06. The van der Waals surface area contributed by atoms with E-state index in [4.69, 9.17) is 28.4 Å². The van der Waals surface area contributed by atoms with Crippen LogP contribution in [0.25, 0.3) is 22.3 Å². The Bertz CT molecular complexity index is 2100. The van der Waals surface area contributed by atoms with E-state index in [1.807, 2.05) is 60.7 Å². The zero-order chi connectivity index (χ0) is 43.3. The van der Waals surface area contributed by atoms with E-state index >= 15 is 0 Å². The van der Waals surface area contributed by atoms with Gasteiger partial charge in [-0.2, -0.15) is 0 Å². The fourth-order valence-electron chi connectivity index (χ4n) is 8.18. The minimum Gasteiger partial charge on any atom is -0.493 e. The summed E-state index contributed by atoms with van der Waals surface area (Å²) in [6, 6.07) is 19.3. The van der Waals surface area contributed by atoms with Gasteiger partial charge in [-0.05, 0) is 95.8 Å². The highest BCUT2D eigenvalue weighted by molar-refractivity contribution is 6.24. The lowest BCUT2D eigenvalue weighted by Gasteiger charge is -2.23. The van der Waals surface area contributed by atoms with Gasteiger partial charge in [-0.1, -0.05) is 65.8 Å². The van der Waals surface area contributed by atoms with Crippen LogP contribution in [0.15, 0.2) is 60.7 Å². The van der Waals surface area contributed by atoms with E-state index in [2.05, 4.69) is 58.7 Å². The molecular weight excluding hydrogens is 769 g/mol. The van der Waals surface area contributed by atoms with Crippen LogP contribution in [0.1, 0.15) is 125 Å². The predicted molar refractivity (Wildman–Crippen MR) is 243 cm³/mol. The first-order valence-electron chi connectivity index (χ1n) is 22.8. The maximum absolute atomic E-state index is 13.3. The number of carbonyl (C=O) groups is 2. The van der Waals surface area contributed by atoms with Crippen LogP contribution in [-0.2, 0) is 0 Å². The van der Waals surface area contributed by atoms with Gasteiger partial charge in [-0.15, -0.1) is 0 Å². The predicted octanol–water partition coefficient (Wildman–Crippen LogP) is 10.6. The van der Waals surface area contributed by atoms with Gasteiger partial charge >= 0.3 is 0 Å². The molecule has 10 nitrogen and oxygen atoms in total. The lowest BCUT2D eigenvalue weighted by Crippen LogP contribution is -2.36. The molecule has 1 heterocycles. The molecule has 4 aromatic rings. The van der Waals surface area contributed by atoms with Crippen molar-refractivity contribution < 1.29 is 38.0 Å². The molecule has 1 N–H and O–H groups in total. The van der Waals surface area contributed by atoms with Gasteiger partial charge in [-0.3, -0.25) is 9.59 Å². The van der Waals surface area contributed by atoms with Gasteiger partial charge in [-0.25, -0.2) is 0 Å². The molecule has 61 heavy (non-hydrogen) atoms. The summed E-state index contributed by atoms with van der Waals surface area (Å²) in [6.45, 7) is 21.8. The van der Waals surface area contributed by atoms with Crippen molar-refractivity contribution in [1.29, 1.82) is 0 Å². The molecular formula is C51H66N2O8. The molecule has 0 aromatic heterocycles. The van der Waals surface area contributed by atoms with Crippen LogP contribution in [-0.4, -0.2) is 87.8 Å². The molecule has 2 aliphatic carbocycles. The summed E-state index contributed by atoms with van der Waals surface area (Å²) in [5.41, 5.74) is 5.95. The fourth-order valence-corrected chi connectivity index (χ4v) is 8.18. The smallest absolute Gasteiger partial charge is 0.194 e. The van der Waals surface area contributed by atoms with Crippen molar-refractivity contribution >= 4 is 11.6 Å². The first kappa shape index (κ1) is 45.5. The van der Waals surface area contributed by atoms with Crippen molar-refractivity contribution in [3.05, 3.63) is 82.9 Å². The molecule has 0 saturated carbocycles. The summed E-state index contributed by atoms with van der Waals surface area (Å²) in [7, 11) is 0. The number of nitrogens with one attached hydrogen (secondary N) is 1. The van der Waals surface area contributed by atoms with Crippen LogP contribution in [0.4, 0.5) is 0 Å². The first-order valence-corrected chi connectivity index (χ1v) is 22.8. The number of nitrogens with zero attached hydrogens (tertiary/aromatic N) is 1. The molecule has 0 amide bonds. The van der Waals surface area contributed by atoms with Crippen molar-refractivity contribution in [2.45, 2.75) is 106 Å². The maximum Gasteiger partial charge on any atom is 0.194 e. The van der Waals surface area contributed by atoms with Crippen LogP contribution in [0.3, 0.4) is 0 Å². The zero-order valence-corrected chi connectivity index (χ0v) is 37.5. The molecule has 2 unspecified atom stereocenters. The summed E-state index contributed by atoms with van der Waals surface area (Å²) in [4.78, 5) is 28.9. The van der Waals surface area contributed by atoms with E-state index in [0.717, 1.165) is 98.5 Å². The van der Waals surface area contributed by atoms with Crippen molar-refractivity contribution in [2.24, 2.45) is 0 Å². The standard InChI is InChI=1S/C26H35NO4.C25H31NO4/c1-5-14-29-19-17-21-25(23(18-19)30-15-6-2)24-20(26(21)28)11-9-12-22(24)31-16-10-13-27(7-3)8-4;1-4-12-28-17-14-19-24(22(15-17)29-13-5-2)23-18(25(19)27)8-6-10-21(23)30-16(3)20-9-7-11-26-20/h9,11-12,17-18H,5-8,10,13-16H2,1-4H3;6,8,10,14-16,20,26H,4-5,7,9,11-13H2,1-3H3. The second-order valence-corrected chi connectivity index (χ2v) is 15.9. The molecule has 2 atom stereocenters. The summed E-state index contributed by atoms with van der Waals surface area (Å²) in [5.74, 6) is 4.22.